The number of hydrogen-bond acceptors (Lipinski definition) is 8. The fraction of sp³-hybridized carbons (Fsp3) is 0.917. The fourth-order valence-electron chi connectivity index (χ4n) is 3.12. The molecule has 0 saturated heterocycles. The van der Waals surface area contributed by atoms with Gasteiger partial charge >= 0.3 is 11.9 Å². The molecular formula is C24H48O8. The molecule has 192 valence electrons. The summed E-state index contributed by atoms with van der Waals surface area (Å²) in [6.07, 6.45) is 2.46. The summed E-state index contributed by atoms with van der Waals surface area (Å²) in [5.41, 5.74) is -1.47. The van der Waals surface area contributed by atoms with Gasteiger partial charge in [-0.05, 0) is 68.2 Å². The highest BCUT2D eigenvalue weighted by atomic mass is 16.6. The molecule has 0 unspecified atom stereocenters. The molecule has 32 heavy (non-hydrogen) atoms. The van der Waals surface area contributed by atoms with Crippen molar-refractivity contribution in [2.45, 2.75) is 117 Å². The minimum atomic E-state index is -0.408. The Balaban J connectivity index is 0. The molecule has 0 aliphatic carbocycles. The third-order valence-electron chi connectivity index (χ3n) is 4.55. The van der Waals surface area contributed by atoms with Crippen molar-refractivity contribution in [3.8, 4) is 0 Å². The lowest BCUT2D eigenvalue weighted by atomic mass is 10.0. The summed E-state index contributed by atoms with van der Waals surface area (Å²) in [6, 6.07) is 0. The van der Waals surface area contributed by atoms with Gasteiger partial charge in [-0.2, -0.15) is 0 Å². The van der Waals surface area contributed by atoms with E-state index < -0.39 is 11.2 Å². The van der Waals surface area contributed by atoms with Crippen molar-refractivity contribution in [3.63, 3.8) is 0 Å². The van der Waals surface area contributed by atoms with Gasteiger partial charge in [-0.25, -0.2) is 0 Å². The van der Waals surface area contributed by atoms with Gasteiger partial charge in [-0.3, -0.25) is 9.59 Å². The first-order valence-corrected chi connectivity index (χ1v) is 11.3. The molecule has 0 saturated carbocycles. The molecule has 0 rings (SSSR count). The first-order valence-electron chi connectivity index (χ1n) is 11.3. The van der Waals surface area contributed by atoms with E-state index in [-0.39, 0.29) is 36.4 Å². The third kappa shape index (κ3) is 20.7. The Morgan fingerprint density at radius 2 is 0.812 bits per heavy atom. The second-order valence-corrected chi connectivity index (χ2v) is 10.4. The average Bonchev–Trinajstić information content (AvgIpc) is 2.51. The maximum atomic E-state index is 10.7. The van der Waals surface area contributed by atoms with Crippen molar-refractivity contribution in [2.24, 2.45) is 0 Å². The number of esters is 2. The van der Waals surface area contributed by atoms with Crippen molar-refractivity contribution in [2.75, 3.05) is 26.4 Å². The van der Waals surface area contributed by atoms with Crippen molar-refractivity contribution >= 4 is 11.9 Å². The highest BCUT2D eigenvalue weighted by molar-refractivity contribution is 5.66. The Bertz CT molecular complexity index is 492. The lowest BCUT2D eigenvalue weighted by molar-refractivity contribution is -0.155. The van der Waals surface area contributed by atoms with E-state index in [0.717, 1.165) is 0 Å². The summed E-state index contributed by atoms with van der Waals surface area (Å²) in [4.78, 5) is 21.4. The number of carbonyl (C=O) groups excluding carboxylic acids is 2. The molecule has 0 spiro atoms. The first kappa shape index (κ1) is 33.0. The molecule has 0 radical (unpaired) electrons. The second kappa shape index (κ2) is 14.8. The summed E-state index contributed by atoms with van der Waals surface area (Å²) in [7, 11) is 0. The van der Waals surface area contributed by atoms with E-state index in [2.05, 4.69) is 0 Å². The number of ether oxygens (including phenoxy) is 4. The molecule has 0 fully saturated rings. The Morgan fingerprint density at radius 3 is 1.03 bits per heavy atom. The van der Waals surface area contributed by atoms with Crippen LogP contribution in [0.3, 0.4) is 0 Å². The zero-order valence-corrected chi connectivity index (χ0v) is 22.0. The van der Waals surface area contributed by atoms with Crippen LogP contribution in [0.5, 0.6) is 0 Å². The van der Waals surface area contributed by atoms with Gasteiger partial charge in [0.15, 0.2) is 0 Å². The normalized spacial score (nSPS) is 12.6. The van der Waals surface area contributed by atoms with Crippen molar-refractivity contribution in [3.05, 3.63) is 0 Å². The van der Waals surface area contributed by atoms with Crippen LogP contribution >= 0.6 is 0 Å². The quantitative estimate of drug-likeness (QED) is 0.374. The summed E-state index contributed by atoms with van der Waals surface area (Å²) >= 11 is 0. The van der Waals surface area contributed by atoms with E-state index in [1.165, 1.54) is 13.8 Å². The molecule has 0 amide bonds. The van der Waals surface area contributed by atoms with E-state index in [4.69, 9.17) is 29.2 Å². The Kier molecular flexibility index (Phi) is 15.3. The minimum absolute atomic E-state index is 0.127. The van der Waals surface area contributed by atoms with E-state index in [9.17, 15) is 9.59 Å². The fourth-order valence-corrected chi connectivity index (χ4v) is 3.12. The molecule has 0 aromatic heterocycles. The molecule has 0 aromatic carbocycles. The summed E-state index contributed by atoms with van der Waals surface area (Å²) in [6.45, 7) is 19.3. The van der Waals surface area contributed by atoms with Crippen molar-refractivity contribution in [1.29, 1.82) is 0 Å². The maximum absolute atomic E-state index is 10.7. The molecule has 0 heterocycles. The molecule has 0 aromatic rings. The van der Waals surface area contributed by atoms with Gasteiger partial charge in [0.2, 0.25) is 0 Å². The number of hydrogen-bond donors (Lipinski definition) is 2. The molecule has 2 N–H and O–H groups in total. The smallest absolute Gasteiger partial charge is 0.302 e. The van der Waals surface area contributed by atoms with Crippen LogP contribution < -0.4 is 0 Å². The topological polar surface area (TPSA) is 112 Å². The Labute approximate surface area is 195 Å². The van der Waals surface area contributed by atoms with Gasteiger partial charge < -0.3 is 29.2 Å². The van der Waals surface area contributed by atoms with Gasteiger partial charge in [0, 0.05) is 39.9 Å². The largest absolute Gasteiger partial charge is 0.466 e. The Morgan fingerprint density at radius 1 is 0.562 bits per heavy atom. The van der Waals surface area contributed by atoms with Gasteiger partial charge in [0.25, 0.3) is 0 Å². The van der Waals surface area contributed by atoms with E-state index in [0.29, 0.717) is 38.9 Å². The third-order valence-corrected chi connectivity index (χ3v) is 4.55. The standard InChI is InChI=1S/C14H26O5.C10H22O3/c1-11(15)17-9-7-13(3,4)19-14(5,6)8-10-18-12(2)16;1-9(2,5-7-11)13-10(3,4)6-8-12/h7-10H2,1-6H3;11-12H,5-8H2,1-4H3. The van der Waals surface area contributed by atoms with Crippen LogP contribution in [0.25, 0.3) is 0 Å². The highest BCUT2D eigenvalue weighted by Gasteiger charge is 2.30. The number of rotatable bonds is 14. The van der Waals surface area contributed by atoms with Crippen LogP contribution in [-0.2, 0) is 28.5 Å². The van der Waals surface area contributed by atoms with Crippen LogP contribution in [-0.4, -0.2) is 71.0 Å². The molecule has 8 nitrogen and oxygen atoms in total. The summed E-state index contributed by atoms with van der Waals surface area (Å²) < 4.78 is 21.6. The molecule has 8 heteroatoms. The van der Waals surface area contributed by atoms with Gasteiger partial charge in [-0.15, -0.1) is 0 Å². The minimum Gasteiger partial charge on any atom is -0.466 e. The summed E-state index contributed by atoms with van der Waals surface area (Å²) in [5.74, 6) is -0.574. The molecule has 0 aliphatic heterocycles. The van der Waals surface area contributed by atoms with E-state index in [1.54, 1.807) is 0 Å². The lowest BCUT2D eigenvalue weighted by Crippen LogP contribution is -2.38. The predicted molar refractivity (Wildman–Crippen MR) is 124 cm³/mol. The molecular weight excluding hydrogens is 416 g/mol. The number of aliphatic hydroxyl groups excluding tert-OH is 2. The van der Waals surface area contributed by atoms with Crippen LogP contribution in [0, 0.1) is 0 Å². The van der Waals surface area contributed by atoms with E-state index >= 15 is 0 Å². The monoisotopic (exact) mass is 464 g/mol. The molecule has 0 atom stereocenters. The van der Waals surface area contributed by atoms with Crippen molar-refractivity contribution < 1.29 is 38.7 Å². The van der Waals surface area contributed by atoms with Gasteiger partial charge in [0.05, 0.1) is 35.6 Å². The first-order chi connectivity index (χ1) is 14.4. The SMILES string of the molecule is CC(=O)OCCC(C)(C)OC(C)(C)CCOC(C)=O.CC(C)(CCO)OC(C)(C)CCO. The van der Waals surface area contributed by atoms with Crippen molar-refractivity contribution in [1.82, 2.24) is 0 Å². The lowest BCUT2D eigenvalue weighted by Gasteiger charge is -2.36. The molecule has 0 aliphatic rings. The van der Waals surface area contributed by atoms with Gasteiger partial charge in [-0.1, -0.05) is 0 Å². The predicted octanol–water partition coefficient (Wildman–Crippen LogP) is 3.79. The van der Waals surface area contributed by atoms with Gasteiger partial charge in [0.1, 0.15) is 0 Å². The van der Waals surface area contributed by atoms with Crippen LogP contribution in [0.2, 0.25) is 0 Å². The zero-order chi connectivity index (χ0) is 25.6. The summed E-state index contributed by atoms with van der Waals surface area (Å²) in [5, 5.41) is 17.6. The number of carbonyl (C=O) groups is 2. The Hall–Kier alpha value is -1.22. The maximum Gasteiger partial charge on any atom is 0.302 e. The highest BCUT2D eigenvalue weighted by Crippen LogP contribution is 2.26. The van der Waals surface area contributed by atoms with Crippen LogP contribution in [0.15, 0.2) is 0 Å². The average molecular weight is 465 g/mol. The zero-order valence-electron chi connectivity index (χ0n) is 22.0. The van der Waals surface area contributed by atoms with Crippen LogP contribution in [0.4, 0.5) is 0 Å². The van der Waals surface area contributed by atoms with Crippen LogP contribution in [0.1, 0.15) is 94.9 Å². The second-order valence-electron chi connectivity index (χ2n) is 10.4. The van der Waals surface area contributed by atoms with E-state index in [1.807, 2.05) is 55.4 Å². The molecule has 0 bridgehead atoms. The number of aliphatic hydroxyl groups is 2.